The zero-order valence-corrected chi connectivity index (χ0v) is 53.7. The molecule has 33 nitrogen and oxygen atoms in total. The van der Waals surface area contributed by atoms with Crippen LogP contribution in [0.1, 0.15) is 91.9 Å². The van der Waals surface area contributed by atoms with Crippen molar-refractivity contribution in [3.63, 3.8) is 0 Å². The number of ether oxygens (including phenoxy) is 13. The number of hydrogen-bond acceptors (Lipinski definition) is 33. The van der Waals surface area contributed by atoms with Gasteiger partial charge in [0.1, 0.15) is 140 Å². The first-order valence-electron chi connectivity index (χ1n) is 33.8. The summed E-state index contributed by atoms with van der Waals surface area (Å²) >= 11 is 0. The number of hydrogen-bond donors (Lipinski definition) is 20. The Kier molecular flexibility index (Phi) is 23.8. The molecule has 0 spiro atoms. The molecule has 41 atom stereocenters. The molecule has 550 valence electrons. The lowest BCUT2D eigenvalue weighted by atomic mass is 9.44. The van der Waals surface area contributed by atoms with Crippen molar-refractivity contribution in [1.82, 2.24) is 0 Å². The lowest BCUT2D eigenvalue weighted by molar-refractivity contribution is -0.409. The van der Waals surface area contributed by atoms with Gasteiger partial charge in [-0.15, -0.1) is 0 Å². The molecule has 0 aromatic heterocycles. The standard InChI is InChI=1S/C62H104O33/c1-22(20-83-54-46(78)41(73)38(70)31(15-63)86-54)7-12-62(82)23(2)36-30(95-62)14-28-26-6-5-24-13-25(8-10-60(24,3)27(26)9-11-61(28,36)4)85-56-48(80)43(75)51(35(19-67)89-56)92-59-53(52(40(72)33(17-65)88-59)93-55-45(77)37(69)29(68)21-84-55)94-58-49(81)44(76)50(34(18-66)90-58)91-57-47(79)42(74)39(71)32(16-64)87-57/h22-59,63-82H,5-21H2,1-4H3. The summed E-state index contributed by atoms with van der Waals surface area (Å²) in [5.41, 5.74) is -0.151. The van der Waals surface area contributed by atoms with Gasteiger partial charge in [-0.3, -0.25) is 0 Å². The van der Waals surface area contributed by atoms with Crippen molar-refractivity contribution in [2.45, 2.75) is 288 Å². The van der Waals surface area contributed by atoms with Gasteiger partial charge in [0, 0.05) is 12.3 Å². The molecule has 20 N–H and O–H groups in total. The summed E-state index contributed by atoms with van der Waals surface area (Å²) < 4.78 is 77.8. The van der Waals surface area contributed by atoms with E-state index in [1.54, 1.807) is 0 Å². The van der Waals surface area contributed by atoms with Crippen molar-refractivity contribution < 1.29 is 164 Å². The van der Waals surface area contributed by atoms with E-state index in [1.807, 2.05) is 6.92 Å². The Hall–Kier alpha value is -1.32. The molecule has 0 amide bonds. The second-order valence-corrected chi connectivity index (χ2v) is 29.4. The van der Waals surface area contributed by atoms with Gasteiger partial charge in [-0.25, -0.2) is 0 Å². The molecule has 7 aliphatic heterocycles. The molecular formula is C62H104O33. The van der Waals surface area contributed by atoms with Crippen molar-refractivity contribution in [3.05, 3.63) is 0 Å². The minimum atomic E-state index is -2.21. The van der Waals surface area contributed by atoms with Gasteiger partial charge in [-0.1, -0.05) is 27.7 Å². The average molecular weight is 1380 g/mol. The highest BCUT2D eigenvalue weighted by Gasteiger charge is 2.69. The van der Waals surface area contributed by atoms with E-state index in [0.29, 0.717) is 43.4 Å². The predicted molar refractivity (Wildman–Crippen MR) is 311 cm³/mol. The van der Waals surface area contributed by atoms with Crippen LogP contribution in [0.25, 0.3) is 0 Å². The molecule has 4 aliphatic carbocycles. The van der Waals surface area contributed by atoms with Crippen molar-refractivity contribution in [2.75, 3.05) is 46.2 Å². The van der Waals surface area contributed by atoms with Gasteiger partial charge in [-0.2, -0.15) is 0 Å². The first-order chi connectivity index (χ1) is 45.1. The van der Waals surface area contributed by atoms with Gasteiger partial charge >= 0.3 is 0 Å². The minimum Gasteiger partial charge on any atom is -0.394 e. The highest BCUT2D eigenvalue weighted by molar-refractivity contribution is 5.15. The number of rotatable bonds is 21. The van der Waals surface area contributed by atoms with Crippen molar-refractivity contribution in [2.24, 2.45) is 52.3 Å². The number of aliphatic hydroxyl groups is 20. The first-order valence-corrected chi connectivity index (χ1v) is 33.8. The van der Waals surface area contributed by atoms with Crippen LogP contribution in [0.5, 0.6) is 0 Å². The van der Waals surface area contributed by atoms with E-state index in [9.17, 15) is 102 Å². The molecular weight excluding hydrogens is 1270 g/mol. The molecule has 11 aliphatic rings. The lowest BCUT2D eigenvalue weighted by Crippen LogP contribution is -2.69. The summed E-state index contributed by atoms with van der Waals surface area (Å²) in [6, 6.07) is 0. The van der Waals surface area contributed by atoms with Gasteiger partial charge in [0.2, 0.25) is 0 Å². The van der Waals surface area contributed by atoms with Crippen LogP contribution in [0.2, 0.25) is 0 Å². The average Bonchev–Trinajstić information content (AvgIpc) is 1.56. The fourth-order valence-electron chi connectivity index (χ4n) is 18.3. The van der Waals surface area contributed by atoms with Crippen LogP contribution in [0.4, 0.5) is 0 Å². The van der Waals surface area contributed by atoms with Crippen LogP contribution in [-0.4, -0.2) is 345 Å². The fourth-order valence-corrected chi connectivity index (χ4v) is 18.3. The van der Waals surface area contributed by atoms with Gasteiger partial charge in [-0.05, 0) is 104 Å². The van der Waals surface area contributed by atoms with Crippen LogP contribution in [0, 0.1) is 52.3 Å². The Morgan fingerprint density at radius 3 is 1.54 bits per heavy atom. The highest BCUT2D eigenvalue weighted by atomic mass is 16.8. The van der Waals surface area contributed by atoms with E-state index in [0.717, 1.165) is 38.5 Å². The maximum atomic E-state index is 12.2. The monoisotopic (exact) mass is 1380 g/mol. The number of fused-ring (bicyclic) bond motifs is 7. The molecule has 4 saturated carbocycles. The summed E-state index contributed by atoms with van der Waals surface area (Å²) in [5, 5.41) is 216. The third-order valence-corrected chi connectivity index (χ3v) is 23.9. The zero-order chi connectivity index (χ0) is 68.7. The van der Waals surface area contributed by atoms with E-state index in [4.69, 9.17) is 61.6 Å². The van der Waals surface area contributed by atoms with Gasteiger partial charge in [0.25, 0.3) is 0 Å². The number of aliphatic hydroxyl groups excluding tert-OH is 19. The Morgan fingerprint density at radius 2 is 0.937 bits per heavy atom. The van der Waals surface area contributed by atoms with Crippen LogP contribution in [0.3, 0.4) is 0 Å². The van der Waals surface area contributed by atoms with Crippen molar-refractivity contribution in [3.8, 4) is 0 Å². The SMILES string of the molecule is CC(CCC1(O)OC2CC3C4CCC5CC(OC6OC(CO)C(OC7OC(CO)C(O)C(OC8OCC(O)C(O)C8O)C7OC7OC(CO)C(OC8OC(CO)C(O)C(O)C8O)C(O)C7O)C(O)C6O)CCC5(C)C4CCC3(C)C2C1C)COC1OC(CO)C(O)C(O)C1O. The lowest BCUT2D eigenvalue weighted by Gasteiger charge is -2.61. The second kappa shape index (κ2) is 30.2. The van der Waals surface area contributed by atoms with E-state index in [2.05, 4.69) is 20.8 Å². The summed E-state index contributed by atoms with van der Waals surface area (Å²) in [6.07, 6.45) is -44.5. The Labute approximate surface area is 548 Å². The predicted octanol–water partition coefficient (Wildman–Crippen LogP) is -7.67. The summed E-state index contributed by atoms with van der Waals surface area (Å²) in [7, 11) is 0. The van der Waals surface area contributed by atoms with E-state index >= 15 is 0 Å². The first kappa shape index (κ1) is 74.9. The van der Waals surface area contributed by atoms with Crippen LogP contribution in [-0.2, 0) is 61.6 Å². The summed E-state index contributed by atoms with van der Waals surface area (Å²) in [4.78, 5) is 0. The third kappa shape index (κ3) is 14.1. The quantitative estimate of drug-likeness (QED) is 0.0475. The summed E-state index contributed by atoms with van der Waals surface area (Å²) in [5.74, 6) is -0.127. The Morgan fingerprint density at radius 1 is 0.453 bits per heavy atom. The molecule has 41 unspecified atom stereocenters. The second-order valence-electron chi connectivity index (χ2n) is 29.4. The van der Waals surface area contributed by atoms with Gasteiger partial charge in [0.05, 0.1) is 58.5 Å². The topological polar surface area (TPSA) is 525 Å². The van der Waals surface area contributed by atoms with E-state index < -0.39 is 230 Å². The van der Waals surface area contributed by atoms with Crippen molar-refractivity contribution in [1.29, 1.82) is 0 Å². The minimum absolute atomic E-state index is 0.0667. The highest BCUT2D eigenvalue weighted by Crippen LogP contribution is 2.71. The smallest absolute Gasteiger partial charge is 0.187 e. The maximum Gasteiger partial charge on any atom is 0.187 e. The summed E-state index contributed by atoms with van der Waals surface area (Å²) in [6.45, 7) is 4.05. The molecule has 11 rings (SSSR count). The van der Waals surface area contributed by atoms with Gasteiger partial charge < -0.3 is 164 Å². The van der Waals surface area contributed by atoms with Crippen LogP contribution >= 0.6 is 0 Å². The van der Waals surface area contributed by atoms with Crippen LogP contribution in [0.15, 0.2) is 0 Å². The Bertz CT molecular complexity index is 2460. The Balaban J connectivity index is 0.726. The van der Waals surface area contributed by atoms with E-state index in [-0.39, 0.29) is 47.2 Å². The largest absolute Gasteiger partial charge is 0.394 e. The third-order valence-electron chi connectivity index (χ3n) is 23.9. The molecule has 33 heteroatoms. The molecule has 0 aromatic rings. The molecule has 95 heavy (non-hydrogen) atoms. The normalized spacial score (nSPS) is 55.3. The molecule has 0 aromatic carbocycles. The van der Waals surface area contributed by atoms with Crippen molar-refractivity contribution >= 4 is 0 Å². The molecule has 7 saturated heterocycles. The van der Waals surface area contributed by atoms with Crippen LogP contribution < -0.4 is 0 Å². The fraction of sp³-hybridized carbons (Fsp3) is 1.00. The molecule has 0 bridgehead atoms. The van der Waals surface area contributed by atoms with E-state index in [1.165, 1.54) is 0 Å². The van der Waals surface area contributed by atoms with Gasteiger partial charge in [0.15, 0.2) is 43.5 Å². The zero-order valence-electron chi connectivity index (χ0n) is 53.7. The molecule has 0 radical (unpaired) electrons. The maximum absolute atomic E-state index is 12.2. The molecule has 7 heterocycles. The molecule has 11 fully saturated rings.